The van der Waals surface area contributed by atoms with Crippen LogP contribution >= 0.6 is 0 Å². The number of rotatable bonds is 5. The van der Waals surface area contributed by atoms with Crippen molar-refractivity contribution >= 4 is 11.7 Å². The van der Waals surface area contributed by atoms with E-state index < -0.39 is 0 Å². The molecule has 1 aromatic heterocycles. The fourth-order valence-electron chi connectivity index (χ4n) is 2.08. The molecule has 1 saturated carbocycles. The predicted molar refractivity (Wildman–Crippen MR) is 72.7 cm³/mol. The van der Waals surface area contributed by atoms with Gasteiger partial charge in [-0.2, -0.15) is 0 Å². The highest BCUT2D eigenvalue weighted by Gasteiger charge is 2.33. The van der Waals surface area contributed by atoms with Gasteiger partial charge in [0.05, 0.1) is 0 Å². The Morgan fingerprint density at radius 3 is 2.83 bits per heavy atom. The average molecular weight is 247 g/mol. The first-order valence-electron chi connectivity index (χ1n) is 6.66. The summed E-state index contributed by atoms with van der Waals surface area (Å²) in [4.78, 5) is 16.4. The summed E-state index contributed by atoms with van der Waals surface area (Å²) in [5, 5.41) is 6.25. The Bertz CT molecular complexity index is 427. The maximum absolute atomic E-state index is 12.1. The van der Waals surface area contributed by atoms with Crippen LogP contribution in [0.15, 0.2) is 18.2 Å². The molecule has 2 N–H and O–H groups in total. The van der Waals surface area contributed by atoms with Crippen LogP contribution in [0.1, 0.15) is 50.0 Å². The molecule has 4 nitrogen and oxygen atoms in total. The van der Waals surface area contributed by atoms with Gasteiger partial charge in [0.1, 0.15) is 11.5 Å². The molecule has 1 aromatic rings. The third kappa shape index (κ3) is 3.00. The summed E-state index contributed by atoms with van der Waals surface area (Å²) in [5.74, 6) is 0.695. The van der Waals surface area contributed by atoms with Crippen molar-refractivity contribution in [2.75, 3.05) is 11.9 Å². The van der Waals surface area contributed by atoms with Crippen LogP contribution in [0.25, 0.3) is 0 Å². The normalized spacial score (nSPS) is 16.8. The second-order valence-electron chi connectivity index (χ2n) is 5.20. The molecule has 4 heteroatoms. The smallest absolute Gasteiger partial charge is 0.270 e. The van der Waals surface area contributed by atoms with Gasteiger partial charge in [-0.1, -0.05) is 13.0 Å². The van der Waals surface area contributed by atoms with Crippen molar-refractivity contribution in [3.05, 3.63) is 23.9 Å². The van der Waals surface area contributed by atoms with Crippen molar-refractivity contribution in [1.82, 2.24) is 10.3 Å². The highest BCUT2D eigenvalue weighted by atomic mass is 16.2. The first-order valence-corrected chi connectivity index (χ1v) is 6.66. The monoisotopic (exact) mass is 247 g/mol. The lowest BCUT2D eigenvalue weighted by Crippen LogP contribution is -2.51. The number of nitrogens with one attached hydrogen (secondary N) is 2. The zero-order valence-corrected chi connectivity index (χ0v) is 11.1. The van der Waals surface area contributed by atoms with Gasteiger partial charge < -0.3 is 10.6 Å². The molecule has 0 aliphatic heterocycles. The maximum Gasteiger partial charge on any atom is 0.270 e. The highest BCUT2D eigenvalue weighted by Crippen LogP contribution is 2.31. The van der Waals surface area contributed by atoms with Crippen LogP contribution < -0.4 is 10.6 Å². The molecular weight excluding hydrogens is 226 g/mol. The Hall–Kier alpha value is -1.58. The third-order valence-corrected chi connectivity index (χ3v) is 3.41. The number of anilines is 1. The van der Waals surface area contributed by atoms with Crippen LogP contribution in [0.2, 0.25) is 0 Å². The quantitative estimate of drug-likeness (QED) is 0.840. The van der Waals surface area contributed by atoms with Gasteiger partial charge in [-0.25, -0.2) is 4.98 Å². The summed E-state index contributed by atoms with van der Waals surface area (Å²) in [6, 6.07) is 5.51. The molecule has 0 saturated heterocycles. The number of nitrogens with zero attached hydrogens (tertiary/aromatic N) is 1. The maximum atomic E-state index is 12.1. The SMILES string of the molecule is CCCNc1cccc(C(=O)NC2(C)CCC2)n1. The number of aromatic nitrogens is 1. The second-order valence-corrected chi connectivity index (χ2v) is 5.20. The Morgan fingerprint density at radius 1 is 1.44 bits per heavy atom. The van der Waals surface area contributed by atoms with Gasteiger partial charge in [0, 0.05) is 12.1 Å². The lowest BCUT2D eigenvalue weighted by atomic mass is 9.78. The van der Waals surface area contributed by atoms with Gasteiger partial charge in [0.25, 0.3) is 5.91 Å². The molecule has 0 spiro atoms. The van der Waals surface area contributed by atoms with Crippen LogP contribution in [0.5, 0.6) is 0 Å². The first kappa shape index (κ1) is 12.9. The van der Waals surface area contributed by atoms with E-state index in [0.29, 0.717) is 5.69 Å². The van der Waals surface area contributed by atoms with Gasteiger partial charge >= 0.3 is 0 Å². The minimum atomic E-state index is -0.0719. The number of hydrogen-bond donors (Lipinski definition) is 2. The van der Waals surface area contributed by atoms with Gasteiger partial charge in [-0.05, 0) is 44.7 Å². The summed E-state index contributed by atoms with van der Waals surface area (Å²) in [5.41, 5.74) is 0.468. The van der Waals surface area contributed by atoms with Gasteiger partial charge in [-0.15, -0.1) is 0 Å². The highest BCUT2D eigenvalue weighted by molar-refractivity contribution is 5.93. The molecule has 0 radical (unpaired) electrons. The molecule has 1 amide bonds. The largest absolute Gasteiger partial charge is 0.370 e. The van der Waals surface area contributed by atoms with Crippen molar-refractivity contribution in [3.63, 3.8) is 0 Å². The minimum absolute atomic E-state index is 0.0222. The van der Waals surface area contributed by atoms with Crippen molar-refractivity contribution < 1.29 is 4.79 Å². The molecule has 0 aromatic carbocycles. The Morgan fingerprint density at radius 2 is 2.22 bits per heavy atom. The topological polar surface area (TPSA) is 54.0 Å². The number of carbonyl (C=O) groups excluding carboxylic acids is 1. The van der Waals surface area contributed by atoms with E-state index in [1.165, 1.54) is 6.42 Å². The fourth-order valence-corrected chi connectivity index (χ4v) is 2.08. The van der Waals surface area contributed by atoms with Crippen LogP contribution in [0, 0.1) is 0 Å². The average Bonchev–Trinajstić information content (AvgIpc) is 2.34. The number of hydrogen-bond acceptors (Lipinski definition) is 3. The molecular formula is C14H21N3O. The summed E-state index contributed by atoms with van der Waals surface area (Å²) in [6.07, 6.45) is 4.36. The predicted octanol–water partition coefficient (Wildman–Crippen LogP) is 2.58. The number of carbonyl (C=O) groups is 1. The molecule has 1 fully saturated rings. The molecule has 2 rings (SSSR count). The van der Waals surface area contributed by atoms with Gasteiger partial charge in [0.15, 0.2) is 0 Å². The van der Waals surface area contributed by atoms with E-state index in [4.69, 9.17) is 0 Å². The van der Waals surface area contributed by atoms with E-state index in [9.17, 15) is 4.79 Å². The molecule has 18 heavy (non-hydrogen) atoms. The first-order chi connectivity index (χ1) is 8.63. The van der Waals surface area contributed by atoms with E-state index >= 15 is 0 Å². The molecule has 0 bridgehead atoms. The van der Waals surface area contributed by atoms with E-state index in [-0.39, 0.29) is 11.4 Å². The molecule has 0 atom stereocenters. The molecule has 1 heterocycles. The van der Waals surface area contributed by atoms with Crippen LogP contribution in [0.4, 0.5) is 5.82 Å². The Balaban J connectivity index is 2.00. The van der Waals surface area contributed by atoms with Crippen LogP contribution in [-0.2, 0) is 0 Å². The summed E-state index contributed by atoms with van der Waals surface area (Å²) < 4.78 is 0. The number of pyridine rings is 1. The van der Waals surface area contributed by atoms with E-state index in [0.717, 1.165) is 31.6 Å². The lowest BCUT2D eigenvalue weighted by molar-refractivity contribution is 0.0845. The zero-order chi connectivity index (χ0) is 13.0. The van der Waals surface area contributed by atoms with E-state index in [1.54, 1.807) is 6.07 Å². The van der Waals surface area contributed by atoms with Crippen LogP contribution in [0.3, 0.4) is 0 Å². The van der Waals surface area contributed by atoms with Crippen molar-refractivity contribution in [3.8, 4) is 0 Å². The van der Waals surface area contributed by atoms with Crippen molar-refractivity contribution in [1.29, 1.82) is 0 Å². The van der Waals surface area contributed by atoms with Crippen molar-refractivity contribution in [2.45, 2.75) is 45.1 Å². The zero-order valence-electron chi connectivity index (χ0n) is 11.1. The minimum Gasteiger partial charge on any atom is -0.370 e. The summed E-state index contributed by atoms with van der Waals surface area (Å²) in [7, 11) is 0. The van der Waals surface area contributed by atoms with E-state index in [2.05, 4.69) is 29.5 Å². The number of amides is 1. The third-order valence-electron chi connectivity index (χ3n) is 3.41. The van der Waals surface area contributed by atoms with E-state index in [1.807, 2.05) is 12.1 Å². The molecule has 0 unspecified atom stereocenters. The molecule has 1 aliphatic carbocycles. The van der Waals surface area contributed by atoms with Crippen molar-refractivity contribution in [2.24, 2.45) is 0 Å². The summed E-state index contributed by atoms with van der Waals surface area (Å²) >= 11 is 0. The fraction of sp³-hybridized carbons (Fsp3) is 0.571. The van der Waals surface area contributed by atoms with Gasteiger partial charge in [0.2, 0.25) is 0 Å². The standard InChI is InChI=1S/C14H21N3O/c1-3-10-15-12-7-4-6-11(16-12)13(18)17-14(2)8-5-9-14/h4,6-7H,3,5,8-10H2,1-2H3,(H,15,16)(H,17,18). The second kappa shape index (κ2) is 5.38. The lowest BCUT2D eigenvalue weighted by Gasteiger charge is -2.39. The molecule has 1 aliphatic rings. The summed E-state index contributed by atoms with van der Waals surface area (Å²) in [6.45, 7) is 5.06. The Labute approximate surface area is 108 Å². The van der Waals surface area contributed by atoms with Gasteiger partial charge in [-0.3, -0.25) is 4.79 Å². The van der Waals surface area contributed by atoms with Crippen LogP contribution in [-0.4, -0.2) is 23.0 Å². The Kier molecular flexibility index (Phi) is 3.84. The molecule has 98 valence electrons.